The van der Waals surface area contributed by atoms with Gasteiger partial charge in [-0.05, 0) is 23.6 Å². The molecule has 0 saturated heterocycles. The van der Waals surface area contributed by atoms with Crippen molar-refractivity contribution in [2.75, 3.05) is 19.4 Å². The van der Waals surface area contributed by atoms with Gasteiger partial charge in [0.2, 0.25) is 0 Å². The number of amides is 4. The van der Waals surface area contributed by atoms with Crippen LogP contribution >= 0.6 is 11.3 Å². The first-order valence-electron chi connectivity index (χ1n) is 7.31. The van der Waals surface area contributed by atoms with Crippen molar-refractivity contribution in [1.29, 1.82) is 0 Å². The summed E-state index contributed by atoms with van der Waals surface area (Å²) in [6, 6.07) is 6.46. The van der Waals surface area contributed by atoms with Gasteiger partial charge in [-0.25, -0.2) is 9.78 Å². The Morgan fingerprint density at radius 3 is 2.68 bits per heavy atom. The highest BCUT2D eigenvalue weighted by Crippen LogP contribution is 2.24. The number of carbonyl (C=O) groups excluding carboxylic acids is 3. The molecule has 0 saturated carbocycles. The molecule has 0 fully saturated rings. The number of aromatic nitrogens is 2. The number of rotatable bonds is 3. The van der Waals surface area contributed by atoms with Crippen LogP contribution in [-0.2, 0) is 0 Å². The fourth-order valence-electron chi connectivity index (χ4n) is 2.07. The molecule has 0 atom stereocenters. The zero-order valence-electron chi connectivity index (χ0n) is 13.5. The van der Waals surface area contributed by atoms with E-state index in [0.29, 0.717) is 10.6 Å². The van der Waals surface area contributed by atoms with Gasteiger partial charge in [-0.3, -0.25) is 14.9 Å². The van der Waals surface area contributed by atoms with Crippen LogP contribution in [0.5, 0.6) is 0 Å². The number of nitrogens with one attached hydrogen (secondary N) is 2. The van der Waals surface area contributed by atoms with Crippen LogP contribution in [0.15, 0.2) is 42.0 Å². The maximum atomic E-state index is 12.4. The van der Waals surface area contributed by atoms with Crippen molar-refractivity contribution in [2.45, 2.75) is 0 Å². The van der Waals surface area contributed by atoms with Crippen LogP contribution < -0.4 is 10.6 Å². The topological polar surface area (TPSA) is 95.8 Å². The van der Waals surface area contributed by atoms with Crippen molar-refractivity contribution >= 4 is 39.8 Å². The summed E-state index contributed by atoms with van der Waals surface area (Å²) in [5.74, 6) is -1.01. The molecule has 3 aromatic rings. The maximum Gasteiger partial charge on any atom is 0.323 e. The zero-order valence-corrected chi connectivity index (χ0v) is 14.3. The predicted molar refractivity (Wildman–Crippen MR) is 94.0 cm³/mol. The van der Waals surface area contributed by atoms with E-state index in [1.807, 2.05) is 12.1 Å². The van der Waals surface area contributed by atoms with Gasteiger partial charge < -0.3 is 14.6 Å². The molecule has 0 spiro atoms. The van der Waals surface area contributed by atoms with Gasteiger partial charge in [-0.15, -0.1) is 11.3 Å². The van der Waals surface area contributed by atoms with Gasteiger partial charge in [0.25, 0.3) is 11.8 Å². The lowest BCUT2D eigenvalue weighted by Gasteiger charge is -2.11. The minimum atomic E-state index is -0.578. The fraction of sp³-hybridized carbons (Fsp3) is 0.125. The number of thiophene rings is 1. The molecule has 4 amide bonds. The molecule has 3 rings (SSSR count). The van der Waals surface area contributed by atoms with Crippen LogP contribution in [0.25, 0.3) is 5.65 Å². The summed E-state index contributed by atoms with van der Waals surface area (Å²) in [6.45, 7) is 0. The van der Waals surface area contributed by atoms with Gasteiger partial charge >= 0.3 is 6.03 Å². The van der Waals surface area contributed by atoms with E-state index in [4.69, 9.17) is 0 Å². The number of fused-ring (bicyclic) bond motifs is 1. The number of urea groups is 1. The van der Waals surface area contributed by atoms with Crippen molar-refractivity contribution in [3.8, 4) is 0 Å². The first-order valence-corrected chi connectivity index (χ1v) is 8.19. The molecule has 0 aromatic carbocycles. The third-order valence-electron chi connectivity index (χ3n) is 3.36. The van der Waals surface area contributed by atoms with E-state index in [9.17, 15) is 14.4 Å². The average Bonchev–Trinajstić information content (AvgIpc) is 3.20. The van der Waals surface area contributed by atoms with Crippen molar-refractivity contribution in [2.24, 2.45) is 0 Å². The molecule has 0 bridgehead atoms. The minimum Gasteiger partial charge on any atom is -0.331 e. The predicted octanol–water partition coefficient (Wildman–Crippen LogP) is 2.06. The quantitative estimate of drug-likeness (QED) is 0.750. The molecular formula is C16H15N5O3S. The third-order valence-corrected chi connectivity index (χ3v) is 4.19. The van der Waals surface area contributed by atoms with Gasteiger partial charge in [-0.2, -0.15) is 0 Å². The summed E-state index contributed by atoms with van der Waals surface area (Å²) in [5, 5.41) is 6.92. The lowest BCUT2D eigenvalue weighted by molar-refractivity contribution is 0.0958. The number of hydrogen-bond acceptors (Lipinski definition) is 5. The Labute approximate surface area is 147 Å². The summed E-state index contributed by atoms with van der Waals surface area (Å²) < 4.78 is 1.73. The molecule has 0 aliphatic carbocycles. The summed E-state index contributed by atoms with van der Waals surface area (Å²) in [4.78, 5) is 41.7. The smallest absolute Gasteiger partial charge is 0.323 e. The lowest BCUT2D eigenvalue weighted by Crippen LogP contribution is -2.38. The van der Waals surface area contributed by atoms with Crippen LogP contribution in [-0.4, -0.2) is 46.2 Å². The number of pyridine rings is 1. The van der Waals surface area contributed by atoms with Crippen LogP contribution in [0.4, 0.5) is 9.80 Å². The molecule has 0 unspecified atom stereocenters. The normalized spacial score (nSPS) is 10.5. The number of anilines is 1. The molecule has 9 heteroatoms. The first kappa shape index (κ1) is 16.7. The second-order valence-corrected chi connectivity index (χ2v) is 6.28. The summed E-state index contributed by atoms with van der Waals surface area (Å²) in [5.41, 5.74) is 1.10. The van der Waals surface area contributed by atoms with E-state index in [2.05, 4.69) is 15.6 Å². The second-order valence-electron chi connectivity index (χ2n) is 5.36. The summed E-state index contributed by atoms with van der Waals surface area (Å²) in [6.07, 6.45) is 3.39. The highest BCUT2D eigenvalue weighted by atomic mass is 32.1. The van der Waals surface area contributed by atoms with E-state index in [0.717, 1.165) is 0 Å². The van der Waals surface area contributed by atoms with E-state index < -0.39 is 17.8 Å². The van der Waals surface area contributed by atoms with Gasteiger partial charge in [0.1, 0.15) is 16.3 Å². The number of imidazole rings is 1. The van der Waals surface area contributed by atoms with Gasteiger partial charge in [0.15, 0.2) is 0 Å². The van der Waals surface area contributed by atoms with E-state index >= 15 is 0 Å². The monoisotopic (exact) mass is 357 g/mol. The van der Waals surface area contributed by atoms with Crippen LogP contribution in [0.2, 0.25) is 0 Å². The Morgan fingerprint density at radius 1 is 1.16 bits per heavy atom. The van der Waals surface area contributed by atoms with Gasteiger partial charge in [0.05, 0.1) is 5.56 Å². The lowest BCUT2D eigenvalue weighted by atomic mass is 10.3. The summed E-state index contributed by atoms with van der Waals surface area (Å²) in [7, 11) is 3.06. The van der Waals surface area contributed by atoms with Gasteiger partial charge in [0, 0.05) is 26.5 Å². The number of carbonyl (C=O) groups is 3. The first-order chi connectivity index (χ1) is 12.0. The largest absolute Gasteiger partial charge is 0.331 e. The van der Waals surface area contributed by atoms with E-state index in [1.54, 1.807) is 34.3 Å². The number of hydrogen-bond donors (Lipinski definition) is 2. The minimum absolute atomic E-state index is 0.220. The molecule has 3 heterocycles. The highest BCUT2D eigenvalue weighted by molar-refractivity contribution is 7.14. The second kappa shape index (κ2) is 6.73. The number of nitrogens with zero attached hydrogens (tertiary/aromatic N) is 3. The molecule has 25 heavy (non-hydrogen) atoms. The average molecular weight is 357 g/mol. The third kappa shape index (κ3) is 3.50. The molecule has 0 aliphatic heterocycles. The Morgan fingerprint density at radius 2 is 1.96 bits per heavy atom. The Kier molecular flexibility index (Phi) is 4.48. The SMILES string of the molecule is CN(C)C(=O)NC(=O)c1ccsc1NC(=O)c1cn2ccccc2n1. The molecule has 0 radical (unpaired) electrons. The Balaban J connectivity index is 1.77. The van der Waals surface area contributed by atoms with Crippen molar-refractivity contribution < 1.29 is 14.4 Å². The van der Waals surface area contributed by atoms with E-state index in [1.165, 1.54) is 30.3 Å². The fourth-order valence-corrected chi connectivity index (χ4v) is 2.85. The van der Waals surface area contributed by atoms with Crippen molar-refractivity contribution in [1.82, 2.24) is 19.6 Å². The maximum absolute atomic E-state index is 12.4. The Bertz CT molecular complexity index is 926. The molecule has 8 nitrogen and oxygen atoms in total. The number of imide groups is 1. The van der Waals surface area contributed by atoms with Crippen LogP contribution in [0.3, 0.4) is 0 Å². The molecular weight excluding hydrogens is 342 g/mol. The van der Waals surface area contributed by atoms with Crippen LogP contribution in [0.1, 0.15) is 20.8 Å². The van der Waals surface area contributed by atoms with Crippen molar-refractivity contribution in [3.05, 3.63) is 53.3 Å². The van der Waals surface area contributed by atoms with E-state index in [-0.39, 0.29) is 11.3 Å². The van der Waals surface area contributed by atoms with Crippen LogP contribution in [0, 0.1) is 0 Å². The highest BCUT2D eigenvalue weighted by Gasteiger charge is 2.19. The van der Waals surface area contributed by atoms with Gasteiger partial charge in [-0.1, -0.05) is 6.07 Å². The standard InChI is InChI=1S/C16H15N5O3S/c1-20(2)16(24)19-13(22)10-6-8-25-15(10)18-14(23)11-9-21-7-4-3-5-12(21)17-11/h3-9H,1-2H3,(H,18,23)(H,19,22,24). The Hall–Kier alpha value is -3.20. The summed E-state index contributed by atoms with van der Waals surface area (Å²) >= 11 is 1.19. The molecule has 128 valence electrons. The molecule has 0 aliphatic rings. The zero-order chi connectivity index (χ0) is 18.0. The molecule has 2 N–H and O–H groups in total. The van der Waals surface area contributed by atoms with Crippen molar-refractivity contribution in [3.63, 3.8) is 0 Å². The molecule has 3 aromatic heterocycles.